The lowest BCUT2D eigenvalue weighted by molar-refractivity contribution is 0.524. The van der Waals surface area contributed by atoms with Crippen molar-refractivity contribution in [3.8, 4) is 11.3 Å². The van der Waals surface area contributed by atoms with E-state index in [1.54, 1.807) is 11.6 Å². The van der Waals surface area contributed by atoms with Gasteiger partial charge in [0.15, 0.2) is 0 Å². The molecule has 1 aromatic carbocycles. The van der Waals surface area contributed by atoms with E-state index < -0.39 is 11.6 Å². The van der Waals surface area contributed by atoms with Gasteiger partial charge >= 0.3 is 0 Å². The standard InChI is InChI=1S/C14H17F2N3/c1-14(2,3)13-18-11(12(17)19(13)4)9-6-5-8(15)7-10(9)16/h5-7H,17H2,1-4H3. The van der Waals surface area contributed by atoms with Crippen LogP contribution in [0.3, 0.4) is 0 Å². The highest BCUT2D eigenvalue weighted by atomic mass is 19.1. The lowest BCUT2D eigenvalue weighted by Gasteiger charge is -2.17. The van der Waals surface area contributed by atoms with Gasteiger partial charge in [0.05, 0.1) is 0 Å². The Morgan fingerprint density at radius 3 is 2.32 bits per heavy atom. The molecule has 0 aliphatic rings. The van der Waals surface area contributed by atoms with Crippen LogP contribution in [0.1, 0.15) is 26.6 Å². The average Bonchev–Trinajstić information content (AvgIpc) is 2.56. The topological polar surface area (TPSA) is 43.8 Å². The first kappa shape index (κ1) is 13.5. The van der Waals surface area contributed by atoms with E-state index in [0.29, 0.717) is 11.5 Å². The van der Waals surface area contributed by atoms with E-state index in [9.17, 15) is 8.78 Å². The van der Waals surface area contributed by atoms with Crippen LogP contribution in [-0.2, 0) is 12.5 Å². The van der Waals surface area contributed by atoms with Crippen LogP contribution in [0.15, 0.2) is 18.2 Å². The van der Waals surface area contributed by atoms with E-state index in [2.05, 4.69) is 4.98 Å². The summed E-state index contributed by atoms with van der Waals surface area (Å²) in [5.74, 6) is -0.156. The zero-order valence-electron chi connectivity index (χ0n) is 11.5. The number of nitrogens with zero attached hydrogens (tertiary/aromatic N) is 2. The molecule has 19 heavy (non-hydrogen) atoms. The number of imidazole rings is 1. The lowest BCUT2D eigenvalue weighted by Crippen LogP contribution is -2.17. The molecule has 0 amide bonds. The van der Waals surface area contributed by atoms with E-state index in [1.165, 1.54) is 12.1 Å². The van der Waals surface area contributed by atoms with Gasteiger partial charge in [-0.15, -0.1) is 0 Å². The molecule has 0 spiro atoms. The largest absolute Gasteiger partial charge is 0.383 e. The van der Waals surface area contributed by atoms with Gasteiger partial charge in [-0.25, -0.2) is 13.8 Å². The molecule has 2 rings (SSSR count). The highest BCUT2D eigenvalue weighted by Gasteiger charge is 2.24. The number of anilines is 1. The van der Waals surface area contributed by atoms with Crippen LogP contribution in [0, 0.1) is 11.6 Å². The van der Waals surface area contributed by atoms with Crippen LogP contribution >= 0.6 is 0 Å². The summed E-state index contributed by atoms with van der Waals surface area (Å²) < 4.78 is 28.5. The fourth-order valence-electron chi connectivity index (χ4n) is 2.06. The Bertz CT molecular complexity index is 624. The lowest BCUT2D eigenvalue weighted by atomic mass is 9.96. The molecular formula is C14H17F2N3. The third kappa shape index (κ3) is 2.32. The smallest absolute Gasteiger partial charge is 0.135 e. The molecule has 2 aromatic rings. The highest BCUT2D eigenvalue weighted by Crippen LogP contribution is 2.32. The molecule has 2 N–H and O–H groups in total. The van der Waals surface area contributed by atoms with Crippen molar-refractivity contribution in [1.29, 1.82) is 0 Å². The van der Waals surface area contributed by atoms with Crippen LogP contribution in [0.4, 0.5) is 14.6 Å². The Morgan fingerprint density at radius 1 is 1.21 bits per heavy atom. The van der Waals surface area contributed by atoms with Crippen LogP contribution < -0.4 is 5.73 Å². The van der Waals surface area contributed by atoms with Crippen molar-refractivity contribution in [2.75, 3.05) is 5.73 Å². The van der Waals surface area contributed by atoms with Crippen molar-refractivity contribution in [2.24, 2.45) is 7.05 Å². The molecule has 102 valence electrons. The molecule has 0 unspecified atom stereocenters. The summed E-state index contributed by atoms with van der Waals surface area (Å²) in [5.41, 5.74) is 6.33. The first-order valence-corrected chi connectivity index (χ1v) is 6.00. The van der Waals surface area contributed by atoms with E-state index in [0.717, 1.165) is 11.9 Å². The van der Waals surface area contributed by atoms with Crippen LogP contribution in [-0.4, -0.2) is 9.55 Å². The number of hydrogen-bond acceptors (Lipinski definition) is 2. The molecule has 1 heterocycles. The number of nitrogen functional groups attached to an aromatic ring is 1. The molecule has 0 saturated carbocycles. The molecule has 0 atom stereocenters. The summed E-state index contributed by atoms with van der Waals surface area (Å²) in [6.45, 7) is 6.00. The Morgan fingerprint density at radius 2 is 1.84 bits per heavy atom. The average molecular weight is 265 g/mol. The Balaban J connectivity index is 2.64. The van der Waals surface area contributed by atoms with Gasteiger partial charge in [0.25, 0.3) is 0 Å². The Labute approximate surface area is 111 Å². The zero-order valence-corrected chi connectivity index (χ0v) is 11.5. The van der Waals surface area contributed by atoms with Crippen molar-refractivity contribution in [1.82, 2.24) is 9.55 Å². The number of rotatable bonds is 1. The minimum Gasteiger partial charge on any atom is -0.383 e. The van der Waals surface area contributed by atoms with Crippen LogP contribution in [0.25, 0.3) is 11.3 Å². The maximum Gasteiger partial charge on any atom is 0.135 e. The number of aromatic nitrogens is 2. The van der Waals surface area contributed by atoms with Gasteiger partial charge in [0.1, 0.15) is 29.0 Å². The summed E-state index contributed by atoms with van der Waals surface area (Å²) in [6.07, 6.45) is 0. The van der Waals surface area contributed by atoms with Gasteiger partial charge in [-0.2, -0.15) is 0 Å². The van der Waals surface area contributed by atoms with Gasteiger partial charge in [-0.05, 0) is 12.1 Å². The first-order chi connectivity index (χ1) is 8.71. The minimum atomic E-state index is -0.662. The molecule has 0 aliphatic heterocycles. The van der Waals surface area contributed by atoms with Crippen molar-refractivity contribution in [2.45, 2.75) is 26.2 Å². The fraction of sp³-hybridized carbons (Fsp3) is 0.357. The second-order valence-electron chi connectivity index (χ2n) is 5.60. The van der Waals surface area contributed by atoms with Crippen LogP contribution in [0.5, 0.6) is 0 Å². The number of halogens is 2. The third-order valence-corrected chi connectivity index (χ3v) is 3.00. The molecule has 1 aromatic heterocycles. The second-order valence-corrected chi connectivity index (χ2v) is 5.60. The van der Waals surface area contributed by atoms with E-state index in [1.807, 2.05) is 20.8 Å². The second kappa shape index (κ2) is 4.33. The highest BCUT2D eigenvalue weighted by molar-refractivity contribution is 5.71. The van der Waals surface area contributed by atoms with Gasteiger partial charge in [-0.3, -0.25) is 0 Å². The molecule has 0 fully saturated rings. The van der Waals surface area contributed by atoms with Gasteiger partial charge < -0.3 is 10.3 Å². The summed E-state index contributed by atoms with van der Waals surface area (Å²) >= 11 is 0. The minimum absolute atomic E-state index is 0.211. The summed E-state index contributed by atoms with van der Waals surface area (Å²) in [6, 6.07) is 3.39. The number of hydrogen-bond donors (Lipinski definition) is 1. The maximum atomic E-state index is 13.8. The summed E-state index contributed by atoms with van der Waals surface area (Å²) in [7, 11) is 1.79. The molecule has 0 saturated heterocycles. The van der Waals surface area contributed by atoms with E-state index >= 15 is 0 Å². The first-order valence-electron chi connectivity index (χ1n) is 6.00. The monoisotopic (exact) mass is 265 g/mol. The van der Waals surface area contributed by atoms with Crippen molar-refractivity contribution >= 4 is 5.82 Å². The molecular weight excluding hydrogens is 248 g/mol. The number of benzene rings is 1. The maximum absolute atomic E-state index is 13.8. The predicted molar refractivity (Wildman–Crippen MR) is 71.7 cm³/mol. The SMILES string of the molecule is Cn1c(C(C)(C)C)nc(-c2ccc(F)cc2F)c1N. The van der Waals surface area contributed by atoms with Crippen molar-refractivity contribution in [3.63, 3.8) is 0 Å². The predicted octanol–water partition coefficient (Wildman–Crippen LogP) is 3.25. The summed E-state index contributed by atoms with van der Waals surface area (Å²) in [4.78, 5) is 4.42. The van der Waals surface area contributed by atoms with E-state index in [4.69, 9.17) is 5.73 Å². The van der Waals surface area contributed by atoms with Crippen LogP contribution in [0.2, 0.25) is 0 Å². The van der Waals surface area contributed by atoms with Gasteiger partial charge in [0, 0.05) is 24.1 Å². The quantitative estimate of drug-likeness (QED) is 0.860. The molecule has 0 aliphatic carbocycles. The summed E-state index contributed by atoms with van der Waals surface area (Å²) in [5, 5.41) is 0. The van der Waals surface area contributed by atoms with Gasteiger partial charge in [0.2, 0.25) is 0 Å². The van der Waals surface area contributed by atoms with Gasteiger partial charge in [-0.1, -0.05) is 20.8 Å². The zero-order chi connectivity index (χ0) is 14.4. The fourth-order valence-corrected chi connectivity index (χ4v) is 2.06. The van der Waals surface area contributed by atoms with Crippen molar-refractivity contribution < 1.29 is 8.78 Å². The molecule has 3 nitrogen and oxygen atoms in total. The Hall–Kier alpha value is -1.91. The molecule has 5 heteroatoms. The molecule has 0 radical (unpaired) electrons. The number of nitrogens with two attached hydrogens (primary N) is 1. The normalized spacial score (nSPS) is 11.9. The van der Waals surface area contributed by atoms with E-state index in [-0.39, 0.29) is 11.0 Å². The Kier molecular flexibility index (Phi) is 3.08. The van der Waals surface area contributed by atoms with Crippen molar-refractivity contribution in [3.05, 3.63) is 35.7 Å². The third-order valence-electron chi connectivity index (χ3n) is 3.00. The molecule has 0 bridgehead atoms.